The second-order valence-corrected chi connectivity index (χ2v) is 7.75. The zero-order valence-electron chi connectivity index (χ0n) is 16.3. The number of aryl methyl sites for hydroxylation is 1. The Balaban J connectivity index is 1.96. The maximum absolute atomic E-state index is 13.3. The molecule has 0 spiro atoms. The standard InChI is InChI=1S/C21H20ClN5O2/c1-12(2)23-20(28)18-24-19-21(29)26(11-14-5-4-6-15(22)10-14)17-9-13(3)7-8-16(17)27(19)25-18/h4-10,12H,11H2,1-3H3,(H,23,28). The van der Waals surface area contributed by atoms with Crippen molar-refractivity contribution in [3.63, 3.8) is 0 Å². The number of rotatable bonds is 4. The maximum atomic E-state index is 13.3. The fourth-order valence-corrected chi connectivity index (χ4v) is 3.49. The normalized spacial score (nSPS) is 11.5. The summed E-state index contributed by atoms with van der Waals surface area (Å²) in [6, 6.07) is 13.1. The molecule has 0 radical (unpaired) electrons. The minimum Gasteiger partial charge on any atom is -0.347 e. The van der Waals surface area contributed by atoms with Crippen molar-refractivity contribution in [3.8, 4) is 0 Å². The Kier molecular flexibility index (Phi) is 4.84. The molecule has 0 aliphatic heterocycles. The largest absolute Gasteiger partial charge is 0.347 e. The lowest BCUT2D eigenvalue weighted by atomic mass is 10.2. The third kappa shape index (κ3) is 3.61. The molecule has 4 rings (SSSR count). The van der Waals surface area contributed by atoms with E-state index in [1.807, 2.05) is 57.2 Å². The van der Waals surface area contributed by atoms with Gasteiger partial charge in [-0.05, 0) is 56.2 Å². The number of halogens is 1. The summed E-state index contributed by atoms with van der Waals surface area (Å²) >= 11 is 6.11. The van der Waals surface area contributed by atoms with Crippen molar-refractivity contribution < 1.29 is 4.79 Å². The highest BCUT2D eigenvalue weighted by molar-refractivity contribution is 6.30. The number of carbonyl (C=O) groups excluding carboxylic acids is 1. The number of hydrogen-bond donors (Lipinski definition) is 1. The van der Waals surface area contributed by atoms with Crippen molar-refractivity contribution in [2.24, 2.45) is 0 Å². The van der Waals surface area contributed by atoms with E-state index in [1.165, 1.54) is 4.52 Å². The van der Waals surface area contributed by atoms with Gasteiger partial charge in [0.15, 0.2) is 0 Å². The van der Waals surface area contributed by atoms with E-state index < -0.39 is 5.91 Å². The molecule has 1 N–H and O–H groups in total. The Morgan fingerprint density at radius 1 is 1.17 bits per heavy atom. The molecule has 0 aliphatic rings. The summed E-state index contributed by atoms with van der Waals surface area (Å²) in [5.41, 5.74) is 3.10. The zero-order chi connectivity index (χ0) is 20.7. The first-order chi connectivity index (χ1) is 13.8. The molecule has 2 heterocycles. The number of hydrogen-bond acceptors (Lipinski definition) is 4. The van der Waals surface area contributed by atoms with E-state index >= 15 is 0 Å². The molecule has 4 aromatic rings. The van der Waals surface area contributed by atoms with Crippen LogP contribution in [0.25, 0.3) is 16.7 Å². The molecule has 1 amide bonds. The first kappa shape index (κ1) is 19.1. The van der Waals surface area contributed by atoms with E-state index in [0.29, 0.717) is 22.6 Å². The van der Waals surface area contributed by atoms with E-state index in [0.717, 1.165) is 11.1 Å². The molecule has 29 heavy (non-hydrogen) atoms. The average molecular weight is 410 g/mol. The molecule has 8 heteroatoms. The van der Waals surface area contributed by atoms with E-state index in [-0.39, 0.29) is 23.1 Å². The van der Waals surface area contributed by atoms with Crippen LogP contribution in [0, 0.1) is 6.92 Å². The highest BCUT2D eigenvalue weighted by Crippen LogP contribution is 2.18. The molecular formula is C21H20ClN5O2. The lowest BCUT2D eigenvalue weighted by Gasteiger charge is -2.12. The monoisotopic (exact) mass is 409 g/mol. The van der Waals surface area contributed by atoms with E-state index in [4.69, 9.17) is 11.6 Å². The van der Waals surface area contributed by atoms with Crippen LogP contribution in [0.2, 0.25) is 5.02 Å². The second kappa shape index (κ2) is 7.33. The quantitative estimate of drug-likeness (QED) is 0.561. The number of amides is 1. The molecule has 0 atom stereocenters. The van der Waals surface area contributed by atoms with Crippen LogP contribution in [-0.4, -0.2) is 31.1 Å². The summed E-state index contributed by atoms with van der Waals surface area (Å²) in [6.07, 6.45) is 0. The van der Waals surface area contributed by atoms with Crippen LogP contribution in [-0.2, 0) is 6.54 Å². The number of aromatic nitrogens is 4. The summed E-state index contributed by atoms with van der Waals surface area (Å²) in [6.45, 7) is 5.99. The molecule has 0 fully saturated rings. The molecule has 0 saturated carbocycles. The topological polar surface area (TPSA) is 81.3 Å². The van der Waals surface area contributed by atoms with Gasteiger partial charge in [-0.2, -0.15) is 4.98 Å². The molecule has 0 bridgehead atoms. The first-order valence-corrected chi connectivity index (χ1v) is 9.66. The van der Waals surface area contributed by atoms with Gasteiger partial charge in [0.1, 0.15) is 0 Å². The molecule has 148 valence electrons. The molecule has 7 nitrogen and oxygen atoms in total. The minimum absolute atomic E-state index is 0.0295. The molecular weight excluding hydrogens is 390 g/mol. The van der Waals surface area contributed by atoms with Crippen molar-refractivity contribution in [2.45, 2.75) is 33.4 Å². The number of nitrogens with zero attached hydrogens (tertiary/aromatic N) is 4. The van der Waals surface area contributed by atoms with Gasteiger partial charge in [-0.25, -0.2) is 4.52 Å². The number of carbonyl (C=O) groups is 1. The highest BCUT2D eigenvalue weighted by Gasteiger charge is 2.19. The van der Waals surface area contributed by atoms with Crippen LogP contribution >= 0.6 is 11.6 Å². The molecule has 2 aromatic carbocycles. The van der Waals surface area contributed by atoms with Gasteiger partial charge in [-0.1, -0.05) is 29.8 Å². The van der Waals surface area contributed by atoms with Gasteiger partial charge in [-0.15, -0.1) is 5.10 Å². The number of benzene rings is 2. The Bertz CT molecular complexity index is 1310. The lowest BCUT2D eigenvalue weighted by molar-refractivity contribution is 0.0933. The van der Waals surface area contributed by atoms with Gasteiger partial charge in [0, 0.05) is 11.1 Å². The second-order valence-electron chi connectivity index (χ2n) is 7.31. The van der Waals surface area contributed by atoms with Crippen molar-refractivity contribution >= 4 is 34.2 Å². The predicted molar refractivity (Wildman–Crippen MR) is 113 cm³/mol. The Morgan fingerprint density at radius 2 is 1.97 bits per heavy atom. The van der Waals surface area contributed by atoms with Gasteiger partial charge >= 0.3 is 0 Å². The van der Waals surface area contributed by atoms with Crippen LogP contribution < -0.4 is 10.9 Å². The highest BCUT2D eigenvalue weighted by atomic mass is 35.5. The number of nitrogens with one attached hydrogen (secondary N) is 1. The maximum Gasteiger partial charge on any atom is 0.296 e. The van der Waals surface area contributed by atoms with Crippen molar-refractivity contribution in [1.29, 1.82) is 0 Å². The third-order valence-corrected chi connectivity index (χ3v) is 4.78. The third-order valence-electron chi connectivity index (χ3n) is 4.55. The Morgan fingerprint density at radius 3 is 2.69 bits per heavy atom. The lowest BCUT2D eigenvalue weighted by Crippen LogP contribution is -2.31. The van der Waals surface area contributed by atoms with Crippen LogP contribution in [0.4, 0.5) is 0 Å². The van der Waals surface area contributed by atoms with E-state index in [2.05, 4.69) is 15.4 Å². The molecule has 0 unspecified atom stereocenters. The smallest absolute Gasteiger partial charge is 0.296 e. The van der Waals surface area contributed by atoms with Gasteiger partial charge in [0.25, 0.3) is 11.5 Å². The molecule has 0 aliphatic carbocycles. The summed E-state index contributed by atoms with van der Waals surface area (Å²) < 4.78 is 3.09. The predicted octanol–water partition coefficient (Wildman–Crippen LogP) is 3.19. The van der Waals surface area contributed by atoms with Crippen molar-refractivity contribution in [1.82, 2.24) is 24.5 Å². The summed E-state index contributed by atoms with van der Waals surface area (Å²) in [5, 5.41) is 7.67. The Hall–Kier alpha value is -3.19. The van der Waals surface area contributed by atoms with Crippen molar-refractivity contribution in [2.75, 3.05) is 0 Å². The van der Waals surface area contributed by atoms with Crippen LogP contribution in [0.1, 0.15) is 35.6 Å². The number of fused-ring (bicyclic) bond motifs is 3. The minimum atomic E-state index is -0.412. The van der Waals surface area contributed by atoms with Gasteiger partial charge in [0.05, 0.1) is 17.6 Å². The first-order valence-electron chi connectivity index (χ1n) is 9.29. The fourth-order valence-electron chi connectivity index (χ4n) is 3.28. The van der Waals surface area contributed by atoms with E-state index in [9.17, 15) is 9.59 Å². The average Bonchev–Trinajstić information content (AvgIpc) is 3.10. The summed E-state index contributed by atoms with van der Waals surface area (Å²) in [5.74, 6) is -0.442. The van der Waals surface area contributed by atoms with Crippen LogP contribution in [0.3, 0.4) is 0 Å². The van der Waals surface area contributed by atoms with Gasteiger partial charge in [-0.3, -0.25) is 14.2 Å². The molecule has 2 aromatic heterocycles. The zero-order valence-corrected chi connectivity index (χ0v) is 17.1. The molecule has 0 saturated heterocycles. The summed E-state index contributed by atoms with van der Waals surface area (Å²) in [7, 11) is 0. The fraction of sp³-hybridized carbons (Fsp3) is 0.238. The van der Waals surface area contributed by atoms with Crippen LogP contribution in [0.5, 0.6) is 0 Å². The van der Waals surface area contributed by atoms with Gasteiger partial charge < -0.3 is 5.32 Å². The van der Waals surface area contributed by atoms with Crippen molar-refractivity contribution in [3.05, 3.63) is 74.8 Å². The van der Waals surface area contributed by atoms with E-state index in [1.54, 1.807) is 10.6 Å². The van der Waals surface area contributed by atoms with Gasteiger partial charge in [0.2, 0.25) is 11.5 Å². The van der Waals surface area contributed by atoms with Crippen LogP contribution in [0.15, 0.2) is 47.3 Å². The SMILES string of the molecule is Cc1ccc2c(c1)n(Cc1cccc(Cl)c1)c(=O)c1nc(C(=O)NC(C)C)nn12. The summed E-state index contributed by atoms with van der Waals surface area (Å²) in [4.78, 5) is 29.9. The Labute approximate surface area is 171 Å².